The van der Waals surface area contributed by atoms with Gasteiger partial charge in [0.1, 0.15) is 0 Å². The maximum Gasteiger partial charge on any atom is 0.283 e. The zero-order valence-corrected chi connectivity index (χ0v) is 18.0. The Bertz CT molecular complexity index is 1330. The van der Waals surface area contributed by atoms with Gasteiger partial charge in [0.25, 0.3) is 5.69 Å². The fourth-order valence-electron chi connectivity index (χ4n) is 3.23. The maximum atomic E-state index is 12.3. The normalized spacial score (nSPS) is 11.2. The van der Waals surface area contributed by atoms with E-state index in [-0.39, 0.29) is 18.0 Å². The molecule has 0 fully saturated rings. The lowest BCUT2D eigenvalue weighted by Gasteiger charge is -2.06. The Morgan fingerprint density at radius 3 is 2.81 bits per heavy atom. The summed E-state index contributed by atoms with van der Waals surface area (Å²) in [5.41, 5.74) is 3.85. The zero-order valence-electron chi connectivity index (χ0n) is 17.1. The van der Waals surface area contributed by atoms with Crippen LogP contribution in [0.15, 0.2) is 88.2 Å². The number of imidazole rings is 1. The predicted molar refractivity (Wildman–Crippen MR) is 124 cm³/mol. The van der Waals surface area contributed by atoms with Gasteiger partial charge in [0.15, 0.2) is 5.16 Å². The van der Waals surface area contributed by atoms with Crippen LogP contribution in [0.3, 0.4) is 0 Å². The monoisotopic (exact) mass is 445 g/mol. The lowest BCUT2D eigenvalue weighted by atomic mass is 10.0. The van der Waals surface area contributed by atoms with Crippen LogP contribution in [-0.4, -0.2) is 26.6 Å². The van der Waals surface area contributed by atoms with Crippen LogP contribution >= 0.6 is 11.8 Å². The molecule has 9 heteroatoms. The highest BCUT2D eigenvalue weighted by Gasteiger charge is 2.17. The van der Waals surface area contributed by atoms with E-state index in [0.29, 0.717) is 15.6 Å². The minimum atomic E-state index is -0.443. The number of carbonyl (C=O) groups excluding carboxylic acids is 1. The minimum Gasteiger partial charge on any atom is -0.329 e. The third-order valence-corrected chi connectivity index (χ3v) is 5.93. The van der Waals surface area contributed by atoms with Gasteiger partial charge in [-0.2, -0.15) is 5.10 Å². The van der Waals surface area contributed by atoms with Crippen molar-refractivity contribution in [2.24, 2.45) is 12.1 Å². The molecule has 1 N–H and O–H groups in total. The molecule has 160 valence electrons. The number of nitrogens with zero attached hydrogens (tertiary/aromatic N) is 4. The zero-order chi connectivity index (χ0) is 22.5. The molecule has 3 aromatic carbocycles. The van der Waals surface area contributed by atoms with E-state index >= 15 is 0 Å². The Labute approximate surface area is 188 Å². The number of rotatable bonds is 7. The summed E-state index contributed by atoms with van der Waals surface area (Å²) in [5.74, 6) is -0.269. The van der Waals surface area contributed by atoms with Crippen molar-refractivity contribution in [2.75, 3.05) is 0 Å². The molecule has 4 rings (SSSR count). The second kappa shape index (κ2) is 9.44. The molecule has 1 heterocycles. The van der Waals surface area contributed by atoms with Crippen molar-refractivity contribution in [2.45, 2.75) is 16.5 Å². The van der Waals surface area contributed by atoms with E-state index in [1.54, 1.807) is 29.1 Å². The van der Waals surface area contributed by atoms with Gasteiger partial charge < -0.3 is 4.57 Å². The Morgan fingerprint density at radius 1 is 1.22 bits per heavy atom. The number of carbonyl (C=O) groups is 1. The van der Waals surface area contributed by atoms with Crippen LogP contribution in [0.25, 0.3) is 10.8 Å². The number of amides is 1. The molecule has 0 unspecified atom stereocenters. The van der Waals surface area contributed by atoms with Gasteiger partial charge in [0, 0.05) is 31.1 Å². The molecule has 1 amide bonds. The molecule has 0 aliphatic rings. The molecule has 4 aromatic rings. The molecule has 0 radical (unpaired) electrons. The van der Waals surface area contributed by atoms with E-state index in [2.05, 4.69) is 15.5 Å². The first-order valence-corrected chi connectivity index (χ1v) is 10.5. The number of fused-ring (bicyclic) bond motifs is 1. The summed E-state index contributed by atoms with van der Waals surface area (Å²) in [4.78, 5) is 28.1. The second-order valence-electron chi connectivity index (χ2n) is 7.02. The quantitative estimate of drug-likeness (QED) is 0.259. The van der Waals surface area contributed by atoms with Crippen molar-refractivity contribution in [3.63, 3.8) is 0 Å². The first-order chi connectivity index (χ1) is 15.5. The van der Waals surface area contributed by atoms with Crippen LogP contribution < -0.4 is 5.43 Å². The van der Waals surface area contributed by atoms with Gasteiger partial charge in [-0.1, -0.05) is 48.5 Å². The van der Waals surface area contributed by atoms with Gasteiger partial charge in [-0.15, -0.1) is 0 Å². The Morgan fingerprint density at radius 2 is 2.03 bits per heavy atom. The van der Waals surface area contributed by atoms with Crippen molar-refractivity contribution >= 4 is 40.3 Å². The van der Waals surface area contributed by atoms with Crippen LogP contribution in [0.2, 0.25) is 0 Å². The maximum absolute atomic E-state index is 12.3. The fraction of sp³-hybridized carbons (Fsp3) is 0.0870. The lowest BCUT2D eigenvalue weighted by Crippen LogP contribution is -2.19. The number of aryl methyl sites for hydroxylation is 1. The third kappa shape index (κ3) is 4.84. The van der Waals surface area contributed by atoms with Crippen LogP contribution in [0.1, 0.15) is 11.1 Å². The molecule has 0 spiro atoms. The molecule has 0 saturated carbocycles. The molecular formula is C23H19N5O3S. The molecule has 0 aliphatic carbocycles. The van der Waals surface area contributed by atoms with E-state index in [0.717, 1.165) is 16.3 Å². The van der Waals surface area contributed by atoms with Gasteiger partial charge in [-0.3, -0.25) is 14.9 Å². The summed E-state index contributed by atoms with van der Waals surface area (Å²) in [6.07, 6.45) is 4.98. The molecule has 32 heavy (non-hydrogen) atoms. The van der Waals surface area contributed by atoms with E-state index < -0.39 is 4.92 Å². The summed E-state index contributed by atoms with van der Waals surface area (Å²) in [6.45, 7) is 0. The standard InChI is InChI=1S/C23H19N5O3S/c1-27-12-11-24-23(27)32-21-10-9-16(13-20(21)28(30)31)15-25-26-22(29)14-18-7-4-6-17-5-2-3-8-19(17)18/h2-13,15H,14H2,1H3,(H,26,29)/b25-15+. The summed E-state index contributed by atoms with van der Waals surface area (Å²) in [6, 6.07) is 18.5. The Kier molecular flexibility index (Phi) is 6.27. The van der Waals surface area contributed by atoms with E-state index in [1.165, 1.54) is 24.0 Å². The fourth-order valence-corrected chi connectivity index (χ4v) is 4.12. The second-order valence-corrected chi connectivity index (χ2v) is 8.02. The summed E-state index contributed by atoms with van der Waals surface area (Å²) < 4.78 is 1.79. The number of hydrogen-bond donors (Lipinski definition) is 1. The van der Waals surface area contributed by atoms with Crippen molar-refractivity contribution in [1.29, 1.82) is 0 Å². The number of hydrazone groups is 1. The van der Waals surface area contributed by atoms with Crippen molar-refractivity contribution in [3.05, 3.63) is 94.3 Å². The molecule has 0 aliphatic heterocycles. The van der Waals surface area contributed by atoms with E-state index in [4.69, 9.17) is 0 Å². The summed E-state index contributed by atoms with van der Waals surface area (Å²) in [5, 5.41) is 18.2. The number of nitro benzene ring substituents is 1. The molecular weight excluding hydrogens is 426 g/mol. The SMILES string of the molecule is Cn1ccnc1Sc1ccc(/C=N/NC(=O)Cc2cccc3ccccc23)cc1[N+](=O)[O-]. The summed E-state index contributed by atoms with van der Waals surface area (Å²) in [7, 11) is 1.82. The van der Waals surface area contributed by atoms with Crippen molar-refractivity contribution in [1.82, 2.24) is 15.0 Å². The molecule has 1 aromatic heterocycles. The van der Waals surface area contributed by atoms with Gasteiger partial charge >= 0.3 is 0 Å². The molecule has 0 saturated heterocycles. The number of hydrogen-bond acceptors (Lipinski definition) is 6. The predicted octanol–water partition coefficient (Wildman–Crippen LogP) is 4.33. The van der Waals surface area contributed by atoms with E-state index in [9.17, 15) is 14.9 Å². The average molecular weight is 446 g/mol. The number of benzene rings is 3. The number of nitro groups is 1. The number of aromatic nitrogens is 2. The topological polar surface area (TPSA) is 102 Å². The van der Waals surface area contributed by atoms with Crippen LogP contribution in [0.4, 0.5) is 5.69 Å². The first kappa shape index (κ1) is 21.3. The van der Waals surface area contributed by atoms with Crippen LogP contribution in [-0.2, 0) is 18.3 Å². The van der Waals surface area contributed by atoms with E-state index in [1.807, 2.05) is 49.5 Å². The highest BCUT2D eigenvalue weighted by Crippen LogP contribution is 2.34. The van der Waals surface area contributed by atoms with Gasteiger partial charge in [0.05, 0.1) is 22.5 Å². The molecule has 8 nitrogen and oxygen atoms in total. The van der Waals surface area contributed by atoms with Gasteiger partial charge in [0.2, 0.25) is 5.91 Å². The molecule has 0 atom stereocenters. The molecule has 0 bridgehead atoms. The number of nitrogens with one attached hydrogen (secondary N) is 1. The lowest BCUT2D eigenvalue weighted by molar-refractivity contribution is -0.387. The minimum absolute atomic E-state index is 0.0518. The highest BCUT2D eigenvalue weighted by molar-refractivity contribution is 7.99. The van der Waals surface area contributed by atoms with Gasteiger partial charge in [-0.05, 0) is 34.2 Å². The summed E-state index contributed by atoms with van der Waals surface area (Å²) >= 11 is 1.21. The van der Waals surface area contributed by atoms with Crippen LogP contribution in [0, 0.1) is 10.1 Å². The van der Waals surface area contributed by atoms with Crippen LogP contribution in [0.5, 0.6) is 0 Å². The average Bonchev–Trinajstić information content (AvgIpc) is 3.19. The third-order valence-electron chi connectivity index (χ3n) is 4.79. The van der Waals surface area contributed by atoms with Gasteiger partial charge in [-0.25, -0.2) is 10.4 Å². The largest absolute Gasteiger partial charge is 0.329 e. The Hall–Kier alpha value is -3.98. The Balaban J connectivity index is 1.44. The van der Waals surface area contributed by atoms with Crippen molar-refractivity contribution < 1.29 is 9.72 Å². The highest BCUT2D eigenvalue weighted by atomic mass is 32.2. The smallest absolute Gasteiger partial charge is 0.283 e. The first-order valence-electron chi connectivity index (χ1n) is 9.73. The van der Waals surface area contributed by atoms with Crippen molar-refractivity contribution in [3.8, 4) is 0 Å².